The van der Waals surface area contributed by atoms with Crippen LogP contribution in [-0.4, -0.2) is 41.0 Å². The quantitative estimate of drug-likeness (QED) is 0.854. The zero-order valence-corrected chi connectivity index (χ0v) is 15.2. The normalized spacial score (nSPS) is 18.0. The molecule has 5 heteroatoms. The van der Waals surface area contributed by atoms with Gasteiger partial charge in [0.25, 0.3) is 0 Å². The molecule has 1 saturated heterocycles. The van der Waals surface area contributed by atoms with E-state index in [1.807, 2.05) is 12.4 Å². The van der Waals surface area contributed by atoms with E-state index in [0.29, 0.717) is 0 Å². The van der Waals surface area contributed by atoms with Crippen LogP contribution in [0.1, 0.15) is 41.6 Å². The third-order valence-electron chi connectivity index (χ3n) is 5.44. The number of aryl methyl sites for hydroxylation is 2. The number of hydrogen-bond acceptors (Lipinski definition) is 5. The van der Waals surface area contributed by atoms with Gasteiger partial charge in [0.2, 0.25) is 0 Å². The van der Waals surface area contributed by atoms with Crippen molar-refractivity contribution in [2.45, 2.75) is 38.6 Å². The average molecular weight is 347 g/mol. The second kappa shape index (κ2) is 7.84. The summed E-state index contributed by atoms with van der Waals surface area (Å²) in [6.45, 7) is 4.91. The van der Waals surface area contributed by atoms with Crippen LogP contribution in [-0.2, 0) is 19.4 Å². The number of nitriles is 1. The number of nitrogens with zero attached hydrogens (tertiary/aromatic N) is 5. The van der Waals surface area contributed by atoms with Gasteiger partial charge in [-0.2, -0.15) is 5.26 Å². The highest BCUT2D eigenvalue weighted by Gasteiger charge is 2.21. The Morgan fingerprint density at radius 3 is 2.69 bits per heavy atom. The van der Waals surface area contributed by atoms with Crippen LogP contribution in [0.4, 0.5) is 5.82 Å². The molecule has 4 rings (SSSR count). The first kappa shape index (κ1) is 17.0. The molecule has 134 valence electrons. The van der Waals surface area contributed by atoms with Crippen LogP contribution in [0.2, 0.25) is 0 Å². The van der Waals surface area contributed by atoms with E-state index in [4.69, 9.17) is 4.98 Å². The number of anilines is 1. The predicted molar refractivity (Wildman–Crippen MR) is 102 cm³/mol. The molecular weight excluding hydrogens is 322 g/mol. The van der Waals surface area contributed by atoms with Crippen LogP contribution >= 0.6 is 0 Å². The summed E-state index contributed by atoms with van der Waals surface area (Å²) in [7, 11) is 0. The highest BCUT2D eigenvalue weighted by Crippen LogP contribution is 2.27. The second-order valence-corrected chi connectivity index (χ2v) is 7.26. The van der Waals surface area contributed by atoms with Gasteiger partial charge in [0, 0.05) is 50.8 Å². The van der Waals surface area contributed by atoms with E-state index in [1.165, 1.54) is 29.7 Å². The van der Waals surface area contributed by atoms with E-state index in [0.717, 1.165) is 63.4 Å². The molecule has 1 aliphatic carbocycles. The van der Waals surface area contributed by atoms with Gasteiger partial charge in [0.15, 0.2) is 0 Å². The zero-order chi connectivity index (χ0) is 17.8. The monoisotopic (exact) mass is 347 g/mol. The summed E-state index contributed by atoms with van der Waals surface area (Å²) in [6.07, 6.45) is 9.35. The van der Waals surface area contributed by atoms with Gasteiger partial charge in [-0.3, -0.25) is 9.88 Å². The van der Waals surface area contributed by atoms with Crippen molar-refractivity contribution >= 4 is 5.82 Å². The van der Waals surface area contributed by atoms with Gasteiger partial charge in [-0.1, -0.05) is 0 Å². The van der Waals surface area contributed by atoms with Crippen molar-refractivity contribution in [1.82, 2.24) is 14.9 Å². The van der Waals surface area contributed by atoms with Crippen molar-refractivity contribution in [2.75, 3.05) is 31.1 Å². The maximum atomic E-state index is 9.63. The van der Waals surface area contributed by atoms with Gasteiger partial charge < -0.3 is 4.90 Å². The first-order valence-electron chi connectivity index (χ1n) is 9.62. The molecule has 0 bridgehead atoms. The number of fused-ring (bicyclic) bond motifs is 1. The van der Waals surface area contributed by atoms with Crippen LogP contribution in [0, 0.1) is 11.3 Å². The van der Waals surface area contributed by atoms with E-state index >= 15 is 0 Å². The molecule has 5 nitrogen and oxygen atoms in total. The summed E-state index contributed by atoms with van der Waals surface area (Å²) in [5.41, 5.74) is 4.54. The number of pyridine rings is 2. The minimum absolute atomic E-state index is 0.744. The summed E-state index contributed by atoms with van der Waals surface area (Å²) in [5.74, 6) is 0.902. The Hall–Kier alpha value is -2.45. The van der Waals surface area contributed by atoms with Crippen molar-refractivity contribution in [3.05, 3.63) is 53.0 Å². The fourth-order valence-corrected chi connectivity index (χ4v) is 4.03. The van der Waals surface area contributed by atoms with E-state index in [9.17, 15) is 5.26 Å². The molecule has 0 aromatic carbocycles. The molecule has 2 aromatic rings. The van der Waals surface area contributed by atoms with E-state index in [-0.39, 0.29) is 0 Å². The Bertz CT molecular complexity index is 796. The molecule has 0 amide bonds. The summed E-state index contributed by atoms with van der Waals surface area (Å²) in [5, 5.41) is 9.63. The lowest BCUT2D eigenvalue weighted by atomic mass is 9.95. The molecule has 0 spiro atoms. The summed E-state index contributed by atoms with van der Waals surface area (Å²) >= 11 is 0. The second-order valence-electron chi connectivity index (χ2n) is 7.26. The van der Waals surface area contributed by atoms with Crippen LogP contribution in [0.15, 0.2) is 30.6 Å². The molecule has 1 aliphatic heterocycles. The predicted octanol–water partition coefficient (Wildman–Crippen LogP) is 2.94. The van der Waals surface area contributed by atoms with E-state index in [1.54, 1.807) is 0 Å². The van der Waals surface area contributed by atoms with Gasteiger partial charge in [0.05, 0.1) is 5.56 Å². The van der Waals surface area contributed by atoms with Gasteiger partial charge >= 0.3 is 0 Å². The molecule has 0 unspecified atom stereocenters. The molecular formula is C21H25N5. The van der Waals surface area contributed by atoms with Crippen LogP contribution in [0.25, 0.3) is 0 Å². The third kappa shape index (κ3) is 3.71. The lowest BCUT2D eigenvalue weighted by Gasteiger charge is -2.26. The summed E-state index contributed by atoms with van der Waals surface area (Å²) in [6, 6.07) is 8.65. The highest BCUT2D eigenvalue weighted by molar-refractivity contribution is 5.56. The fraction of sp³-hybridized carbons (Fsp3) is 0.476. The molecule has 0 saturated carbocycles. The molecule has 0 N–H and O–H groups in total. The van der Waals surface area contributed by atoms with Gasteiger partial charge in [-0.15, -0.1) is 0 Å². The highest BCUT2D eigenvalue weighted by atomic mass is 15.2. The largest absolute Gasteiger partial charge is 0.354 e. The minimum atomic E-state index is 0.744. The van der Waals surface area contributed by atoms with Gasteiger partial charge in [-0.25, -0.2) is 4.98 Å². The first-order chi connectivity index (χ1) is 12.8. The summed E-state index contributed by atoms with van der Waals surface area (Å²) < 4.78 is 0. The molecule has 1 fully saturated rings. The fourth-order valence-electron chi connectivity index (χ4n) is 4.03. The molecule has 2 aromatic heterocycles. The molecule has 2 aliphatic rings. The average Bonchev–Trinajstić information content (AvgIpc) is 2.93. The van der Waals surface area contributed by atoms with Crippen molar-refractivity contribution in [1.29, 1.82) is 5.26 Å². The first-order valence-corrected chi connectivity index (χ1v) is 9.62. The van der Waals surface area contributed by atoms with E-state index < -0.39 is 0 Å². The maximum absolute atomic E-state index is 9.63. The van der Waals surface area contributed by atoms with E-state index in [2.05, 4.69) is 39.1 Å². The molecule has 0 atom stereocenters. The Kier molecular flexibility index (Phi) is 5.12. The SMILES string of the molecule is N#Cc1cc2c(nc1N1CCCN(Cc3ccncc3)CC1)CCCC2. The number of rotatable bonds is 3. The minimum Gasteiger partial charge on any atom is -0.354 e. The van der Waals surface area contributed by atoms with Crippen LogP contribution in [0.5, 0.6) is 0 Å². The Balaban J connectivity index is 1.49. The van der Waals surface area contributed by atoms with Gasteiger partial charge in [-0.05, 0) is 61.4 Å². The Morgan fingerprint density at radius 2 is 1.85 bits per heavy atom. The lowest BCUT2D eigenvalue weighted by Crippen LogP contribution is -2.31. The summed E-state index contributed by atoms with van der Waals surface area (Å²) in [4.78, 5) is 13.8. The Labute approximate surface area is 155 Å². The standard InChI is InChI=1S/C21H25N5/c22-15-19-14-18-4-1-2-5-20(18)24-21(19)26-11-3-10-25(12-13-26)16-17-6-8-23-9-7-17/h6-9,14H,1-5,10-13,16H2. The van der Waals surface area contributed by atoms with Crippen molar-refractivity contribution in [2.24, 2.45) is 0 Å². The zero-order valence-electron chi connectivity index (χ0n) is 15.2. The topological polar surface area (TPSA) is 56.1 Å². The molecule has 0 radical (unpaired) electrons. The van der Waals surface area contributed by atoms with Gasteiger partial charge in [0.1, 0.15) is 11.9 Å². The van der Waals surface area contributed by atoms with Crippen molar-refractivity contribution in [3.8, 4) is 6.07 Å². The van der Waals surface area contributed by atoms with Crippen LogP contribution in [0.3, 0.4) is 0 Å². The number of hydrogen-bond donors (Lipinski definition) is 0. The van der Waals surface area contributed by atoms with Crippen molar-refractivity contribution < 1.29 is 0 Å². The molecule has 26 heavy (non-hydrogen) atoms. The van der Waals surface area contributed by atoms with Crippen LogP contribution < -0.4 is 4.90 Å². The number of aromatic nitrogens is 2. The lowest BCUT2D eigenvalue weighted by molar-refractivity contribution is 0.285. The molecule has 3 heterocycles. The van der Waals surface area contributed by atoms with Crippen molar-refractivity contribution in [3.63, 3.8) is 0 Å². The smallest absolute Gasteiger partial charge is 0.146 e. The third-order valence-corrected chi connectivity index (χ3v) is 5.44. The maximum Gasteiger partial charge on any atom is 0.146 e. The Morgan fingerprint density at radius 1 is 1.00 bits per heavy atom.